The van der Waals surface area contributed by atoms with E-state index >= 15 is 0 Å². The molecule has 0 atom stereocenters. The summed E-state index contributed by atoms with van der Waals surface area (Å²) in [5.41, 5.74) is 11.8. The highest BCUT2D eigenvalue weighted by molar-refractivity contribution is 7.91. The maximum absolute atomic E-state index is 12.8. The van der Waals surface area contributed by atoms with Crippen molar-refractivity contribution in [2.45, 2.75) is 9.79 Å². The summed E-state index contributed by atoms with van der Waals surface area (Å²) in [6, 6.07) is 10.6. The first kappa shape index (κ1) is 14.6. The number of rotatable bonds is 2. The van der Waals surface area contributed by atoms with E-state index in [2.05, 4.69) is 9.97 Å². The average molecular weight is 335 g/mol. The summed E-state index contributed by atoms with van der Waals surface area (Å²) in [6.07, 6.45) is 0. The first-order valence-electron chi connectivity index (χ1n) is 6.22. The molecule has 0 saturated heterocycles. The fraction of sp³-hybridized carbons (Fsp3) is 0. The standard InChI is InChI=1S/C14H11ClN4O2S/c15-8-4-6-9(7-5-8)22(20,21)11-3-1-2-10-12(11)13(16)19-14(17)18-10/h1-7H,(H4,16,17,18,19). The van der Waals surface area contributed by atoms with Crippen molar-refractivity contribution in [1.82, 2.24) is 9.97 Å². The zero-order valence-electron chi connectivity index (χ0n) is 11.2. The van der Waals surface area contributed by atoms with Crippen LogP contribution in [-0.2, 0) is 9.84 Å². The van der Waals surface area contributed by atoms with Crippen LogP contribution in [0.15, 0.2) is 52.3 Å². The first-order valence-corrected chi connectivity index (χ1v) is 8.08. The molecule has 1 heterocycles. The largest absolute Gasteiger partial charge is 0.383 e. The summed E-state index contributed by atoms with van der Waals surface area (Å²) in [5.74, 6) is 0.0154. The van der Waals surface area contributed by atoms with E-state index in [9.17, 15) is 8.42 Å². The van der Waals surface area contributed by atoms with Gasteiger partial charge in [0.15, 0.2) is 0 Å². The van der Waals surface area contributed by atoms with Crippen LogP contribution in [-0.4, -0.2) is 18.4 Å². The van der Waals surface area contributed by atoms with E-state index in [4.69, 9.17) is 23.1 Å². The van der Waals surface area contributed by atoms with Gasteiger partial charge in [0.2, 0.25) is 15.8 Å². The Morgan fingerprint density at radius 2 is 1.64 bits per heavy atom. The Kier molecular flexibility index (Phi) is 3.38. The van der Waals surface area contributed by atoms with Gasteiger partial charge >= 0.3 is 0 Å². The minimum absolute atomic E-state index is 0.00830. The molecule has 0 aliphatic carbocycles. The molecule has 2 aromatic carbocycles. The fourth-order valence-corrected chi connectivity index (χ4v) is 3.77. The molecule has 0 aliphatic heterocycles. The monoisotopic (exact) mass is 334 g/mol. The highest BCUT2D eigenvalue weighted by Gasteiger charge is 2.22. The summed E-state index contributed by atoms with van der Waals surface area (Å²) < 4.78 is 25.6. The van der Waals surface area contributed by atoms with Crippen molar-refractivity contribution in [2.24, 2.45) is 0 Å². The van der Waals surface area contributed by atoms with E-state index in [1.54, 1.807) is 12.1 Å². The molecule has 0 aliphatic rings. The summed E-state index contributed by atoms with van der Waals surface area (Å²) in [5, 5.41) is 0.708. The number of fused-ring (bicyclic) bond motifs is 1. The molecule has 3 rings (SSSR count). The van der Waals surface area contributed by atoms with Crippen LogP contribution in [0.5, 0.6) is 0 Å². The zero-order chi connectivity index (χ0) is 15.9. The Morgan fingerprint density at radius 3 is 2.32 bits per heavy atom. The van der Waals surface area contributed by atoms with Crippen molar-refractivity contribution >= 4 is 44.1 Å². The molecular weight excluding hydrogens is 324 g/mol. The molecule has 8 heteroatoms. The lowest BCUT2D eigenvalue weighted by Gasteiger charge is -2.10. The Labute approximate surface area is 131 Å². The summed E-state index contributed by atoms with van der Waals surface area (Å²) in [6.45, 7) is 0. The molecule has 6 nitrogen and oxygen atoms in total. The van der Waals surface area contributed by atoms with Gasteiger partial charge in [-0.1, -0.05) is 17.7 Å². The van der Waals surface area contributed by atoms with Crippen LogP contribution in [0.1, 0.15) is 0 Å². The molecule has 22 heavy (non-hydrogen) atoms. The van der Waals surface area contributed by atoms with Crippen molar-refractivity contribution < 1.29 is 8.42 Å². The van der Waals surface area contributed by atoms with Gasteiger partial charge in [0, 0.05) is 5.02 Å². The van der Waals surface area contributed by atoms with Crippen LogP contribution in [0.25, 0.3) is 10.9 Å². The average Bonchev–Trinajstić information content (AvgIpc) is 2.46. The van der Waals surface area contributed by atoms with Crippen molar-refractivity contribution in [3.8, 4) is 0 Å². The Hall–Kier alpha value is -2.38. The van der Waals surface area contributed by atoms with Crippen LogP contribution >= 0.6 is 11.6 Å². The number of aromatic nitrogens is 2. The maximum atomic E-state index is 12.8. The van der Waals surface area contributed by atoms with Crippen molar-refractivity contribution in [2.75, 3.05) is 11.5 Å². The van der Waals surface area contributed by atoms with E-state index in [1.807, 2.05) is 0 Å². The minimum Gasteiger partial charge on any atom is -0.383 e. The normalized spacial score (nSPS) is 11.7. The zero-order valence-corrected chi connectivity index (χ0v) is 12.8. The van der Waals surface area contributed by atoms with Gasteiger partial charge in [-0.25, -0.2) is 13.4 Å². The fourth-order valence-electron chi connectivity index (χ4n) is 2.16. The molecule has 0 amide bonds. The van der Waals surface area contributed by atoms with E-state index in [0.29, 0.717) is 10.5 Å². The van der Waals surface area contributed by atoms with Gasteiger partial charge in [-0.15, -0.1) is 0 Å². The predicted octanol–water partition coefficient (Wildman–Crippen LogP) is 2.28. The lowest BCUT2D eigenvalue weighted by Crippen LogP contribution is -2.07. The molecule has 0 spiro atoms. The number of nitrogens with zero attached hydrogens (tertiary/aromatic N) is 2. The number of halogens is 1. The predicted molar refractivity (Wildman–Crippen MR) is 85.3 cm³/mol. The third kappa shape index (κ3) is 2.34. The van der Waals surface area contributed by atoms with Gasteiger partial charge in [0.1, 0.15) is 5.82 Å². The number of hydrogen-bond donors (Lipinski definition) is 2. The molecule has 0 radical (unpaired) electrons. The smallest absolute Gasteiger partial charge is 0.222 e. The van der Waals surface area contributed by atoms with E-state index < -0.39 is 9.84 Å². The second-order valence-corrected chi connectivity index (χ2v) is 6.93. The van der Waals surface area contributed by atoms with Crippen LogP contribution in [0.4, 0.5) is 11.8 Å². The number of nitrogen functional groups attached to an aromatic ring is 2. The van der Waals surface area contributed by atoms with Gasteiger partial charge in [-0.2, -0.15) is 4.98 Å². The van der Waals surface area contributed by atoms with Gasteiger partial charge < -0.3 is 11.5 Å². The first-order chi connectivity index (χ1) is 10.4. The second-order valence-electron chi connectivity index (χ2n) is 4.57. The lowest BCUT2D eigenvalue weighted by molar-refractivity contribution is 0.597. The molecule has 112 valence electrons. The molecule has 4 N–H and O–H groups in total. The lowest BCUT2D eigenvalue weighted by atomic mass is 10.2. The Bertz CT molecular complexity index is 972. The van der Waals surface area contributed by atoms with Crippen molar-refractivity contribution in [3.05, 3.63) is 47.5 Å². The number of benzene rings is 2. The quantitative estimate of drug-likeness (QED) is 0.743. The molecule has 0 fully saturated rings. The maximum Gasteiger partial charge on any atom is 0.222 e. The van der Waals surface area contributed by atoms with Crippen LogP contribution in [0.3, 0.4) is 0 Å². The van der Waals surface area contributed by atoms with E-state index in [0.717, 1.165) is 0 Å². The molecule has 0 saturated carbocycles. The second kappa shape index (κ2) is 5.11. The highest BCUT2D eigenvalue weighted by Crippen LogP contribution is 2.31. The SMILES string of the molecule is Nc1nc(N)c2c(S(=O)(=O)c3ccc(Cl)cc3)cccc2n1. The topological polar surface area (TPSA) is 112 Å². The number of sulfone groups is 1. The van der Waals surface area contributed by atoms with Gasteiger partial charge in [0.05, 0.1) is 20.7 Å². The third-order valence-corrected chi connectivity index (χ3v) is 5.21. The Morgan fingerprint density at radius 1 is 0.955 bits per heavy atom. The molecule has 0 unspecified atom stereocenters. The summed E-state index contributed by atoms with van der Waals surface area (Å²) in [4.78, 5) is 8.01. The van der Waals surface area contributed by atoms with Crippen LogP contribution < -0.4 is 11.5 Å². The Balaban J connectivity index is 2.32. The van der Waals surface area contributed by atoms with Gasteiger partial charge in [-0.05, 0) is 36.4 Å². The van der Waals surface area contributed by atoms with Gasteiger partial charge in [-0.3, -0.25) is 0 Å². The minimum atomic E-state index is -3.78. The van der Waals surface area contributed by atoms with Crippen LogP contribution in [0.2, 0.25) is 5.02 Å². The van der Waals surface area contributed by atoms with Crippen molar-refractivity contribution in [3.63, 3.8) is 0 Å². The van der Waals surface area contributed by atoms with E-state index in [-0.39, 0.29) is 26.9 Å². The van der Waals surface area contributed by atoms with Gasteiger partial charge in [0.25, 0.3) is 0 Å². The molecular formula is C14H11ClN4O2S. The molecule has 0 bridgehead atoms. The van der Waals surface area contributed by atoms with Crippen molar-refractivity contribution in [1.29, 1.82) is 0 Å². The number of hydrogen-bond acceptors (Lipinski definition) is 6. The summed E-state index contributed by atoms with van der Waals surface area (Å²) in [7, 11) is -3.78. The number of anilines is 2. The third-order valence-electron chi connectivity index (χ3n) is 3.14. The number of nitrogens with two attached hydrogens (primary N) is 2. The van der Waals surface area contributed by atoms with E-state index in [1.165, 1.54) is 30.3 Å². The molecule has 3 aromatic rings. The highest BCUT2D eigenvalue weighted by atomic mass is 35.5. The van der Waals surface area contributed by atoms with Crippen LogP contribution in [0, 0.1) is 0 Å². The molecule has 1 aromatic heterocycles. The summed E-state index contributed by atoms with van der Waals surface area (Å²) >= 11 is 5.80.